The van der Waals surface area contributed by atoms with E-state index in [2.05, 4.69) is 10.3 Å². The van der Waals surface area contributed by atoms with Crippen molar-refractivity contribution in [1.29, 1.82) is 0 Å². The molecule has 0 aliphatic carbocycles. The molecule has 0 saturated heterocycles. The van der Waals surface area contributed by atoms with E-state index in [0.717, 1.165) is 22.5 Å². The van der Waals surface area contributed by atoms with E-state index in [-0.39, 0.29) is 5.91 Å². The third-order valence-electron chi connectivity index (χ3n) is 3.29. The molecule has 3 N–H and O–H groups in total. The second kappa shape index (κ2) is 5.99. The van der Waals surface area contributed by atoms with Crippen LogP contribution in [0, 0.1) is 6.92 Å². The minimum Gasteiger partial charge on any atom is -0.375 e. The molecule has 1 heterocycles. The maximum atomic E-state index is 12.4. The topological polar surface area (TPSA) is 68.0 Å². The zero-order valence-electron chi connectivity index (χ0n) is 12.0. The van der Waals surface area contributed by atoms with Crippen molar-refractivity contribution in [2.75, 3.05) is 11.1 Å². The van der Waals surface area contributed by atoms with Crippen LogP contribution in [0.5, 0.6) is 0 Å². The molecule has 110 valence electrons. The Kier molecular flexibility index (Phi) is 3.89. The molecule has 0 aliphatic rings. The SMILES string of the molecule is Cc1ccc(C(=O)Nc2ccccc2-c2csc(N)n2)cc1. The van der Waals surface area contributed by atoms with E-state index in [4.69, 9.17) is 5.73 Å². The van der Waals surface area contributed by atoms with Crippen molar-refractivity contribution < 1.29 is 4.79 Å². The first-order valence-corrected chi connectivity index (χ1v) is 7.70. The predicted molar refractivity (Wildman–Crippen MR) is 91.1 cm³/mol. The number of carbonyl (C=O) groups excluding carboxylic acids is 1. The Morgan fingerprint density at radius 3 is 2.55 bits per heavy atom. The van der Waals surface area contributed by atoms with Crippen LogP contribution in [-0.2, 0) is 0 Å². The smallest absolute Gasteiger partial charge is 0.255 e. The van der Waals surface area contributed by atoms with Gasteiger partial charge in [0, 0.05) is 16.5 Å². The zero-order valence-corrected chi connectivity index (χ0v) is 12.9. The van der Waals surface area contributed by atoms with Gasteiger partial charge in [0.1, 0.15) is 0 Å². The summed E-state index contributed by atoms with van der Waals surface area (Å²) in [4.78, 5) is 16.6. The maximum absolute atomic E-state index is 12.4. The number of nitrogens with one attached hydrogen (secondary N) is 1. The van der Waals surface area contributed by atoms with Crippen LogP contribution in [0.15, 0.2) is 53.9 Å². The van der Waals surface area contributed by atoms with Gasteiger partial charge in [0.2, 0.25) is 0 Å². The van der Waals surface area contributed by atoms with Gasteiger partial charge in [-0.2, -0.15) is 0 Å². The molecule has 22 heavy (non-hydrogen) atoms. The van der Waals surface area contributed by atoms with Gasteiger partial charge >= 0.3 is 0 Å². The van der Waals surface area contributed by atoms with Gasteiger partial charge in [-0.1, -0.05) is 35.9 Å². The number of rotatable bonds is 3. The third kappa shape index (κ3) is 2.99. The minimum atomic E-state index is -0.143. The summed E-state index contributed by atoms with van der Waals surface area (Å²) in [5.41, 5.74) is 9.78. The molecule has 3 rings (SSSR count). The second-order valence-electron chi connectivity index (χ2n) is 4.94. The average molecular weight is 309 g/mol. The number of nitrogen functional groups attached to an aromatic ring is 1. The molecular weight excluding hydrogens is 294 g/mol. The molecule has 3 aromatic rings. The Morgan fingerprint density at radius 2 is 1.86 bits per heavy atom. The summed E-state index contributed by atoms with van der Waals surface area (Å²) in [7, 11) is 0. The summed E-state index contributed by atoms with van der Waals surface area (Å²) in [5, 5.41) is 5.33. The molecule has 0 aliphatic heterocycles. The van der Waals surface area contributed by atoms with E-state index in [1.54, 1.807) is 0 Å². The van der Waals surface area contributed by atoms with Crippen molar-refractivity contribution in [3.63, 3.8) is 0 Å². The van der Waals surface area contributed by atoms with Crippen molar-refractivity contribution in [2.45, 2.75) is 6.92 Å². The van der Waals surface area contributed by atoms with Crippen molar-refractivity contribution in [3.05, 3.63) is 65.0 Å². The molecule has 1 amide bonds. The van der Waals surface area contributed by atoms with Crippen LogP contribution in [0.3, 0.4) is 0 Å². The fourth-order valence-electron chi connectivity index (χ4n) is 2.13. The molecule has 5 heteroatoms. The Morgan fingerprint density at radius 1 is 1.14 bits per heavy atom. The molecule has 0 saturated carbocycles. The molecule has 2 aromatic carbocycles. The van der Waals surface area contributed by atoms with Crippen LogP contribution in [0.1, 0.15) is 15.9 Å². The molecule has 1 aromatic heterocycles. The Balaban J connectivity index is 1.89. The highest BCUT2D eigenvalue weighted by atomic mass is 32.1. The minimum absolute atomic E-state index is 0.143. The van der Waals surface area contributed by atoms with Crippen LogP contribution in [0.4, 0.5) is 10.8 Å². The highest BCUT2D eigenvalue weighted by Crippen LogP contribution is 2.29. The fraction of sp³-hybridized carbons (Fsp3) is 0.0588. The molecule has 0 radical (unpaired) electrons. The lowest BCUT2D eigenvalue weighted by Crippen LogP contribution is -2.12. The highest BCUT2D eigenvalue weighted by Gasteiger charge is 2.11. The summed E-state index contributed by atoms with van der Waals surface area (Å²) in [6.45, 7) is 1.99. The highest BCUT2D eigenvalue weighted by molar-refractivity contribution is 7.13. The zero-order chi connectivity index (χ0) is 15.5. The van der Waals surface area contributed by atoms with Crippen molar-refractivity contribution in [2.24, 2.45) is 0 Å². The van der Waals surface area contributed by atoms with Gasteiger partial charge in [-0.15, -0.1) is 11.3 Å². The van der Waals surface area contributed by atoms with E-state index >= 15 is 0 Å². The first kappa shape index (κ1) is 14.3. The van der Waals surface area contributed by atoms with Crippen molar-refractivity contribution in [3.8, 4) is 11.3 Å². The lowest BCUT2D eigenvalue weighted by atomic mass is 10.1. The number of nitrogens with zero attached hydrogens (tertiary/aromatic N) is 1. The summed E-state index contributed by atoms with van der Waals surface area (Å²) in [6.07, 6.45) is 0. The number of carbonyl (C=O) groups is 1. The second-order valence-corrected chi connectivity index (χ2v) is 5.83. The lowest BCUT2D eigenvalue weighted by Gasteiger charge is -2.09. The largest absolute Gasteiger partial charge is 0.375 e. The third-order valence-corrected chi connectivity index (χ3v) is 3.96. The predicted octanol–water partition coefficient (Wildman–Crippen LogP) is 3.95. The summed E-state index contributed by atoms with van der Waals surface area (Å²) < 4.78 is 0. The lowest BCUT2D eigenvalue weighted by molar-refractivity contribution is 0.102. The number of para-hydroxylation sites is 1. The van der Waals surface area contributed by atoms with E-state index in [1.807, 2.05) is 60.8 Å². The molecule has 4 nitrogen and oxygen atoms in total. The maximum Gasteiger partial charge on any atom is 0.255 e. The van der Waals surface area contributed by atoms with Crippen LogP contribution in [0.2, 0.25) is 0 Å². The molecule has 0 spiro atoms. The first-order chi connectivity index (χ1) is 10.6. The Hall–Kier alpha value is -2.66. The Bertz CT molecular complexity index is 809. The number of benzene rings is 2. The average Bonchev–Trinajstić information content (AvgIpc) is 2.95. The van der Waals surface area contributed by atoms with E-state index in [9.17, 15) is 4.79 Å². The number of amides is 1. The number of nitrogens with two attached hydrogens (primary N) is 1. The molecule has 0 fully saturated rings. The van der Waals surface area contributed by atoms with Crippen molar-refractivity contribution >= 4 is 28.1 Å². The number of anilines is 2. The molecule has 0 unspecified atom stereocenters. The van der Waals surface area contributed by atoms with E-state index < -0.39 is 0 Å². The number of aryl methyl sites for hydroxylation is 1. The van der Waals surface area contributed by atoms with Gasteiger partial charge in [0.15, 0.2) is 5.13 Å². The number of aromatic nitrogens is 1. The van der Waals surface area contributed by atoms with Gasteiger partial charge in [0.25, 0.3) is 5.91 Å². The first-order valence-electron chi connectivity index (χ1n) is 6.82. The standard InChI is InChI=1S/C17H15N3OS/c1-11-6-8-12(9-7-11)16(21)19-14-5-3-2-4-13(14)15-10-22-17(18)20-15/h2-10H,1H3,(H2,18,20)(H,19,21). The molecule has 0 atom stereocenters. The summed E-state index contributed by atoms with van der Waals surface area (Å²) in [6, 6.07) is 15.0. The van der Waals surface area contributed by atoms with Gasteiger partial charge in [0.05, 0.1) is 11.4 Å². The van der Waals surface area contributed by atoms with Crippen molar-refractivity contribution in [1.82, 2.24) is 4.98 Å². The fourth-order valence-corrected chi connectivity index (χ4v) is 2.69. The summed E-state index contributed by atoms with van der Waals surface area (Å²) in [5.74, 6) is -0.143. The van der Waals surface area contributed by atoms with Crippen LogP contribution >= 0.6 is 11.3 Å². The Labute approximate surface area is 132 Å². The quantitative estimate of drug-likeness (QED) is 0.769. The van der Waals surface area contributed by atoms with Crippen LogP contribution in [-0.4, -0.2) is 10.9 Å². The molecular formula is C17H15N3OS. The van der Waals surface area contributed by atoms with Crippen LogP contribution < -0.4 is 11.1 Å². The van der Waals surface area contributed by atoms with Gasteiger partial charge < -0.3 is 11.1 Å². The summed E-state index contributed by atoms with van der Waals surface area (Å²) >= 11 is 1.38. The number of hydrogen-bond donors (Lipinski definition) is 2. The monoisotopic (exact) mass is 309 g/mol. The normalized spacial score (nSPS) is 10.4. The van der Waals surface area contributed by atoms with Gasteiger partial charge in [-0.25, -0.2) is 4.98 Å². The van der Waals surface area contributed by atoms with E-state index in [1.165, 1.54) is 11.3 Å². The molecule has 0 bridgehead atoms. The van der Waals surface area contributed by atoms with Gasteiger partial charge in [-0.3, -0.25) is 4.79 Å². The van der Waals surface area contributed by atoms with Crippen LogP contribution in [0.25, 0.3) is 11.3 Å². The number of thiazole rings is 1. The van der Waals surface area contributed by atoms with E-state index in [0.29, 0.717) is 10.7 Å². The number of hydrogen-bond acceptors (Lipinski definition) is 4. The van der Waals surface area contributed by atoms with Gasteiger partial charge in [-0.05, 0) is 25.1 Å².